The van der Waals surface area contributed by atoms with E-state index in [9.17, 15) is 9.18 Å². The van der Waals surface area contributed by atoms with Crippen molar-refractivity contribution >= 4 is 16.8 Å². The lowest BCUT2D eigenvalue weighted by atomic mass is 10.1. The van der Waals surface area contributed by atoms with Crippen molar-refractivity contribution in [1.82, 2.24) is 15.8 Å². The third-order valence-corrected chi connectivity index (χ3v) is 4.05. The van der Waals surface area contributed by atoms with Gasteiger partial charge in [0.2, 0.25) is 0 Å². The molecule has 3 rings (SSSR count). The number of carbonyl (C=O) groups excluding carboxylic acids is 1. The molecule has 1 amide bonds. The molecule has 0 saturated carbocycles. The zero-order valence-corrected chi connectivity index (χ0v) is 14.1. The largest absolute Gasteiger partial charge is 0.481 e. The van der Waals surface area contributed by atoms with Gasteiger partial charge in [-0.3, -0.25) is 10.0 Å². The summed E-state index contributed by atoms with van der Waals surface area (Å²) in [6.45, 7) is 0.838. The SMILES string of the molecule is O=C(COc1ccc(CNCCc2c[nH]c3ccccc23)cc1F)NO. The molecule has 0 aliphatic rings. The van der Waals surface area contributed by atoms with E-state index < -0.39 is 18.3 Å². The minimum Gasteiger partial charge on any atom is -0.481 e. The minimum absolute atomic E-state index is 0.0313. The molecule has 0 saturated heterocycles. The van der Waals surface area contributed by atoms with Gasteiger partial charge in [-0.1, -0.05) is 24.3 Å². The van der Waals surface area contributed by atoms with E-state index in [0.29, 0.717) is 6.54 Å². The number of halogens is 1. The fraction of sp³-hybridized carbons (Fsp3) is 0.211. The summed E-state index contributed by atoms with van der Waals surface area (Å²) >= 11 is 0. The second-order valence-electron chi connectivity index (χ2n) is 5.87. The van der Waals surface area contributed by atoms with Crippen LogP contribution in [0.5, 0.6) is 5.75 Å². The molecule has 0 unspecified atom stereocenters. The van der Waals surface area contributed by atoms with Crippen LogP contribution >= 0.6 is 0 Å². The predicted octanol–water partition coefficient (Wildman–Crippen LogP) is 2.52. The smallest absolute Gasteiger partial charge is 0.281 e. The van der Waals surface area contributed by atoms with Gasteiger partial charge in [-0.2, -0.15) is 0 Å². The zero-order valence-electron chi connectivity index (χ0n) is 14.1. The van der Waals surface area contributed by atoms with E-state index in [0.717, 1.165) is 24.0 Å². The lowest BCUT2D eigenvalue weighted by molar-refractivity contribution is -0.131. The molecular formula is C19H20FN3O3. The summed E-state index contributed by atoms with van der Waals surface area (Å²) in [6, 6.07) is 12.7. The molecule has 26 heavy (non-hydrogen) atoms. The van der Waals surface area contributed by atoms with Gasteiger partial charge in [-0.05, 0) is 42.3 Å². The summed E-state index contributed by atoms with van der Waals surface area (Å²) in [5, 5.41) is 12.9. The van der Waals surface area contributed by atoms with Crippen LogP contribution in [0.4, 0.5) is 4.39 Å². The van der Waals surface area contributed by atoms with Crippen molar-refractivity contribution in [3.63, 3.8) is 0 Å². The number of aromatic nitrogens is 1. The van der Waals surface area contributed by atoms with Gasteiger partial charge >= 0.3 is 0 Å². The maximum Gasteiger partial charge on any atom is 0.281 e. The molecule has 0 aliphatic carbocycles. The lowest BCUT2D eigenvalue weighted by Crippen LogP contribution is -2.25. The topological polar surface area (TPSA) is 86.4 Å². The third-order valence-electron chi connectivity index (χ3n) is 4.05. The summed E-state index contributed by atoms with van der Waals surface area (Å²) in [5.74, 6) is -1.32. The quantitative estimate of drug-likeness (QED) is 0.283. The molecule has 6 nitrogen and oxygen atoms in total. The average molecular weight is 357 g/mol. The Morgan fingerprint density at radius 3 is 2.88 bits per heavy atom. The van der Waals surface area contributed by atoms with Gasteiger partial charge in [0.1, 0.15) is 0 Å². The van der Waals surface area contributed by atoms with Crippen LogP contribution in [0.15, 0.2) is 48.7 Å². The highest BCUT2D eigenvalue weighted by Crippen LogP contribution is 2.19. The van der Waals surface area contributed by atoms with Crippen LogP contribution in [0.3, 0.4) is 0 Å². The molecular weight excluding hydrogens is 337 g/mol. The normalized spacial score (nSPS) is 10.8. The summed E-state index contributed by atoms with van der Waals surface area (Å²) < 4.78 is 18.9. The number of hydroxylamine groups is 1. The number of nitrogens with one attached hydrogen (secondary N) is 3. The molecule has 0 aliphatic heterocycles. The second kappa shape index (κ2) is 8.46. The molecule has 0 atom stereocenters. The predicted molar refractivity (Wildman–Crippen MR) is 95.5 cm³/mol. The number of amides is 1. The highest BCUT2D eigenvalue weighted by atomic mass is 19.1. The number of fused-ring (bicyclic) bond motifs is 1. The maximum absolute atomic E-state index is 14.0. The van der Waals surface area contributed by atoms with Crippen molar-refractivity contribution in [2.45, 2.75) is 13.0 Å². The third kappa shape index (κ3) is 4.38. The Kier molecular flexibility index (Phi) is 5.83. The summed E-state index contributed by atoms with van der Waals surface area (Å²) in [5.41, 5.74) is 4.56. The van der Waals surface area contributed by atoms with E-state index in [4.69, 9.17) is 9.94 Å². The van der Waals surface area contributed by atoms with Crippen LogP contribution in [-0.2, 0) is 17.8 Å². The second-order valence-corrected chi connectivity index (χ2v) is 5.87. The molecule has 7 heteroatoms. The van der Waals surface area contributed by atoms with Gasteiger partial charge in [-0.15, -0.1) is 0 Å². The first-order valence-electron chi connectivity index (χ1n) is 8.27. The highest BCUT2D eigenvalue weighted by Gasteiger charge is 2.08. The molecule has 0 spiro atoms. The number of rotatable bonds is 8. The molecule has 136 valence electrons. The van der Waals surface area contributed by atoms with Crippen molar-refractivity contribution in [1.29, 1.82) is 0 Å². The molecule has 4 N–H and O–H groups in total. The first-order chi connectivity index (χ1) is 12.7. The molecule has 0 fully saturated rings. The van der Waals surface area contributed by atoms with Gasteiger partial charge in [-0.25, -0.2) is 9.87 Å². The first kappa shape index (κ1) is 17.9. The van der Waals surface area contributed by atoms with Gasteiger partial charge in [0.05, 0.1) is 0 Å². The van der Waals surface area contributed by atoms with Crippen molar-refractivity contribution in [3.8, 4) is 5.75 Å². The average Bonchev–Trinajstić information content (AvgIpc) is 3.07. The number of hydrogen-bond donors (Lipinski definition) is 4. The van der Waals surface area contributed by atoms with E-state index in [1.807, 2.05) is 24.4 Å². The molecule has 0 bridgehead atoms. The summed E-state index contributed by atoms with van der Waals surface area (Å²) in [6.07, 6.45) is 2.88. The fourth-order valence-electron chi connectivity index (χ4n) is 2.74. The van der Waals surface area contributed by atoms with Crippen molar-refractivity contribution in [2.75, 3.05) is 13.2 Å². The summed E-state index contributed by atoms with van der Waals surface area (Å²) in [7, 11) is 0. The van der Waals surface area contributed by atoms with E-state index in [-0.39, 0.29) is 5.75 Å². The molecule has 1 heterocycles. The molecule has 3 aromatic rings. The van der Waals surface area contributed by atoms with Gasteiger partial charge < -0.3 is 15.0 Å². The number of H-pyrrole nitrogens is 1. The zero-order chi connectivity index (χ0) is 18.4. The van der Waals surface area contributed by atoms with E-state index in [1.165, 1.54) is 28.6 Å². The Bertz CT molecular complexity index is 895. The van der Waals surface area contributed by atoms with E-state index in [1.54, 1.807) is 6.07 Å². The number of carbonyl (C=O) groups is 1. The molecule has 1 aromatic heterocycles. The van der Waals surface area contributed by atoms with E-state index >= 15 is 0 Å². The number of benzene rings is 2. The summed E-state index contributed by atoms with van der Waals surface area (Å²) in [4.78, 5) is 14.1. The number of aromatic amines is 1. The monoisotopic (exact) mass is 357 g/mol. The minimum atomic E-state index is -0.743. The molecule has 2 aromatic carbocycles. The van der Waals surface area contributed by atoms with Gasteiger partial charge in [0.15, 0.2) is 18.2 Å². The Morgan fingerprint density at radius 1 is 1.23 bits per heavy atom. The van der Waals surface area contributed by atoms with Crippen molar-refractivity contribution in [2.24, 2.45) is 0 Å². The molecule has 0 radical (unpaired) electrons. The van der Waals surface area contributed by atoms with Crippen LogP contribution in [0.25, 0.3) is 10.9 Å². The number of hydrogen-bond acceptors (Lipinski definition) is 4. The van der Waals surface area contributed by atoms with Crippen molar-refractivity contribution in [3.05, 3.63) is 65.6 Å². The van der Waals surface area contributed by atoms with Gasteiger partial charge in [0.25, 0.3) is 5.91 Å². The Morgan fingerprint density at radius 2 is 2.08 bits per heavy atom. The van der Waals surface area contributed by atoms with E-state index in [2.05, 4.69) is 16.4 Å². The van der Waals surface area contributed by atoms with Crippen LogP contribution in [0.2, 0.25) is 0 Å². The van der Waals surface area contributed by atoms with Gasteiger partial charge in [0, 0.05) is 23.6 Å². The van der Waals surface area contributed by atoms with Crippen LogP contribution in [0, 0.1) is 5.82 Å². The van der Waals surface area contributed by atoms with Crippen LogP contribution in [0.1, 0.15) is 11.1 Å². The van der Waals surface area contributed by atoms with Crippen LogP contribution < -0.4 is 15.5 Å². The Labute approximate surface area is 149 Å². The number of ether oxygens (including phenoxy) is 1. The fourth-order valence-corrected chi connectivity index (χ4v) is 2.74. The maximum atomic E-state index is 14.0. The Balaban J connectivity index is 1.49. The Hall–Kier alpha value is -2.90. The highest BCUT2D eigenvalue weighted by molar-refractivity contribution is 5.83. The number of para-hydroxylation sites is 1. The standard InChI is InChI=1S/C19H20FN3O3/c20-16-9-13(5-6-18(16)26-12-19(24)23-25)10-21-8-7-14-11-22-17-4-2-1-3-15(14)17/h1-6,9,11,21-22,25H,7-8,10,12H2,(H,23,24). The lowest BCUT2D eigenvalue weighted by Gasteiger charge is -2.09. The van der Waals surface area contributed by atoms with Crippen molar-refractivity contribution < 1.29 is 19.1 Å². The first-order valence-corrected chi connectivity index (χ1v) is 8.27. The van der Waals surface area contributed by atoms with Crippen LogP contribution in [-0.4, -0.2) is 29.3 Å².